The molecule has 2 aromatic heterocycles. The molecule has 7 heteroatoms. The van der Waals surface area contributed by atoms with E-state index in [4.69, 9.17) is 10.5 Å². The largest absolute Gasteiger partial charge is 0.457 e. The summed E-state index contributed by atoms with van der Waals surface area (Å²) < 4.78 is 5.78. The van der Waals surface area contributed by atoms with Gasteiger partial charge >= 0.3 is 0 Å². The molecule has 0 spiro atoms. The molecular formula is C20H19N3O3S. The Morgan fingerprint density at radius 3 is 2.70 bits per heavy atom. The summed E-state index contributed by atoms with van der Waals surface area (Å²) in [5.41, 5.74) is 6.41. The minimum absolute atomic E-state index is 0.0590. The van der Waals surface area contributed by atoms with Crippen LogP contribution in [0.4, 0.5) is 0 Å². The lowest BCUT2D eigenvalue weighted by Gasteiger charge is -2.09. The van der Waals surface area contributed by atoms with Crippen molar-refractivity contribution in [1.82, 2.24) is 10.3 Å². The molecule has 1 aromatic carbocycles. The maximum atomic E-state index is 12.1. The highest BCUT2D eigenvalue weighted by atomic mass is 32.1. The molecule has 138 valence electrons. The average Bonchev–Trinajstić information content (AvgIpc) is 3.09. The van der Waals surface area contributed by atoms with E-state index < -0.39 is 5.91 Å². The maximum absolute atomic E-state index is 12.1. The third-order valence-corrected chi connectivity index (χ3v) is 4.78. The molecule has 2 amide bonds. The molecule has 6 nitrogen and oxygen atoms in total. The molecule has 3 N–H and O–H groups in total. The van der Waals surface area contributed by atoms with Crippen LogP contribution >= 0.6 is 11.3 Å². The smallest absolute Gasteiger partial charge is 0.267 e. The Morgan fingerprint density at radius 2 is 1.96 bits per heavy atom. The molecule has 0 unspecified atom stereocenters. The number of nitrogens with one attached hydrogen (secondary N) is 1. The molecule has 2 heterocycles. The first-order valence-corrected chi connectivity index (χ1v) is 9.20. The monoisotopic (exact) mass is 381 g/mol. The molecule has 0 saturated heterocycles. The summed E-state index contributed by atoms with van der Waals surface area (Å²) >= 11 is 1.48. The van der Waals surface area contributed by atoms with Gasteiger partial charge in [-0.2, -0.15) is 0 Å². The number of aromatic nitrogens is 1. The number of amides is 2. The van der Waals surface area contributed by atoms with Crippen LogP contribution in [-0.4, -0.2) is 23.3 Å². The van der Waals surface area contributed by atoms with Gasteiger partial charge in [-0.25, -0.2) is 0 Å². The minimum Gasteiger partial charge on any atom is -0.457 e. The number of hydrogen-bond donors (Lipinski definition) is 2. The number of nitrogens with two attached hydrogens (primary N) is 1. The van der Waals surface area contributed by atoms with Crippen molar-refractivity contribution in [1.29, 1.82) is 0 Å². The summed E-state index contributed by atoms with van der Waals surface area (Å²) in [7, 11) is 0. The van der Waals surface area contributed by atoms with E-state index in [1.807, 2.05) is 43.3 Å². The number of benzene rings is 1. The van der Waals surface area contributed by atoms with Gasteiger partial charge in [-0.05, 0) is 49.2 Å². The molecule has 0 radical (unpaired) electrons. The van der Waals surface area contributed by atoms with Gasteiger partial charge in [0.1, 0.15) is 17.2 Å². The van der Waals surface area contributed by atoms with E-state index in [1.165, 1.54) is 23.6 Å². The quantitative estimate of drug-likeness (QED) is 0.656. The molecule has 0 aliphatic carbocycles. The minimum atomic E-state index is -0.606. The zero-order chi connectivity index (χ0) is 19.2. The first-order valence-electron chi connectivity index (χ1n) is 8.38. The van der Waals surface area contributed by atoms with Gasteiger partial charge in [-0.3, -0.25) is 14.6 Å². The molecular weight excluding hydrogens is 362 g/mol. The molecule has 0 bridgehead atoms. The fraction of sp³-hybridized carbons (Fsp3) is 0.150. The number of pyridine rings is 1. The Hall–Kier alpha value is -3.19. The van der Waals surface area contributed by atoms with Crippen molar-refractivity contribution in [3.63, 3.8) is 0 Å². The average molecular weight is 381 g/mol. The molecule has 0 atom stereocenters. The molecule has 0 aliphatic rings. The number of primary amides is 1. The number of carbonyl (C=O) groups excluding carboxylic acids is 2. The van der Waals surface area contributed by atoms with E-state index in [1.54, 1.807) is 6.07 Å². The van der Waals surface area contributed by atoms with Crippen molar-refractivity contribution in [2.75, 3.05) is 6.54 Å². The second-order valence-corrected chi connectivity index (χ2v) is 7.19. The predicted molar refractivity (Wildman–Crippen MR) is 104 cm³/mol. The van der Waals surface area contributed by atoms with Crippen LogP contribution in [-0.2, 0) is 6.42 Å². The molecule has 0 saturated carbocycles. The van der Waals surface area contributed by atoms with Crippen molar-refractivity contribution in [2.24, 2.45) is 5.73 Å². The number of rotatable bonds is 7. The zero-order valence-corrected chi connectivity index (χ0v) is 15.6. The summed E-state index contributed by atoms with van der Waals surface area (Å²) in [4.78, 5) is 29.0. The summed E-state index contributed by atoms with van der Waals surface area (Å²) in [6.45, 7) is 2.50. The molecule has 3 rings (SSSR count). The van der Waals surface area contributed by atoms with E-state index >= 15 is 0 Å². The van der Waals surface area contributed by atoms with Gasteiger partial charge in [-0.15, -0.1) is 11.3 Å². The number of nitrogens with zero attached hydrogens (tertiary/aromatic N) is 1. The summed E-state index contributed by atoms with van der Waals surface area (Å²) in [6.07, 6.45) is 2.15. The zero-order valence-electron chi connectivity index (χ0n) is 14.8. The Balaban J connectivity index is 1.58. The van der Waals surface area contributed by atoms with Gasteiger partial charge in [0, 0.05) is 23.7 Å². The van der Waals surface area contributed by atoms with Gasteiger partial charge in [0.2, 0.25) is 0 Å². The first-order chi connectivity index (χ1) is 13.0. The number of carbonyl (C=O) groups is 2. The topological polar surface area (TPSA) is 94.3 Å². The van der Waals surface area contributed by atoms with Gasteiger partial charge in [0.05, 0.1) is 4.88 Å². The number of hydrogen-bond acceptors (Lipinski definition) is 5. The van der Waals surface area contributed by atoms with Crippen molar-refractivity contribution < 1.29 is 14.3 Å². The fourth-order valence-corrected chi connectivity index (χ4v) is 3.26. The van der Waals surface area contributed by atoms with Crippen molar-refractivity contribution in [3.8, 4) is 11.5 Å². The Morgan fingerprint density at radius 1 is 1.15 bits per heavy atom. The second kappa shape index (κ2) is 8.46. The van der Waals surface area contributed by atoms with Gasteiger partial charge in [0.15, 0.2) is 0 Å². The fourth-order valence-electron chi connectivity index (χ4n) is 2.47. The van der Waals surface area contributed by atoms with E-state index in [2.05, 4.69) is 10.3 Å². The van der Waals surface area contributed by atoms with Gasteiger partial charge in [-0.1, -0.05) is 12.1 Å². The Kier molecular flexibility index (Phi) is 5.83. The summed E-state index contributed by atoms with van der Waals surface area (Å²) in [5.74, 6) is 0.453. The highest BCUT2D eigenvalue weighted by molar-refractivity contribution is 7.13. The van der Waals surface area contributed by atoms with E-state index in [0.29, 0.717) is 29.3 Å². The molecule has 0 aliphatic heterocycles. The van der Waals surface area contributed by atoms with E-state index in [-0.39, 0.29) is 11.6 Å². The SMILES string of the molecule is Cc1ccc(C(=O)NCCc2cccc(Oc3ccnc(C(N)=O)c3)c2)s1. The third kappa shape index (κ3) is 5.15. The highest BCUT2D eigenvalue weighted by Gasteiger charge is 2.08. The Labute approximate surface area is 161 Å². The molecule has 3 aromatic rings. The highest BCUT2D eigenvalue weighted by Crippen LogP contribution is 2.22. The second-order valence-electron chi connectivity index (χ2n) is 5.91. The number of ether oxygens (including phenoxy) is 1. The van der Waals surface area contributed by atoms with E-state index in [0.717, 1.165) is 10.4 Å². The Bertz CT molecular complexity index is 968. The van der Waals surface area contributed by atoms with Crippen molar-refractivity contribution in [2.45, 2.75) is 13.3 Å². The lowest BCUT2D eigenvalue weighted by Crippen LogP contribution is -2.24. The van der Waals surface area contributed by atoms with Crippen LogP contribution in [0.3, 0.4) is 0 Å². The van der Waals surface area contributed by atoms with Crippen LogP contribution in [0, 0.1) is 6.92 Å². The maximum Gasteiger partial charge on any atom is 0.267 e. The van der Waals surface area contributed by atoms with Crippen LogP contribution in [0.1, 0.15) is 30.6 Å². The van der Waals surface area contributed by atoms with Crippen LogP contribution in [0.15, 0.2) is 54.7 Å². The van der Waals surface area contributed by atoms with Gasteiger partial charge < -0.3 is 15.8 Å². The van der Waals surface area contributed by atoms with Crippen LogP contribution in [0.5, 0.6) is 11.5 Å². The lowest BCUT2D eigenvalue weighted by molar-refractivity contribution is 0.0956. The lowest BCUT2D eigenvalue weighted by atomic mass is 10.1. The van der Waals surface area contributed by atoms with E-state index in [9.17, 15) is 9.59 Å². The standard InChI is InChI=1S/C20H19N3O3S/c1-13-5-6-18(27-13)20(25)23-9-7-14-3-2-4-15(11-14)26-16-8-10-22-17(12-16)19(21)24/h2-6,8,10-12H,7,9H2,1H3,(H2,21,24)(H,23,25). The van der Waals surface area contributed by atoms with Crippen LogP contribution in [0.25, 0.3) is 0 Å². The molecule has 0 fully saturated rings. The summed E-state index contributed by atoms with van der Waals surface area (Å²) in [5, 5.41) is 2.92. The van der Waals surface area contributed by atoms with Crippen LogP contribution in [0.2, 0.25) is 0 Å². The third-order valence-electron chi connectivity index (χ3n) is 3.78. The van der Waals surface area contributed by atoms with Crippen LogP contribution < -0.4 is 15.8 Å². The number of thiophene rings is 1. The molecule has 27 heavy (non-hydrogen) atoms. The number of aryl methyl sites for hydroxylation is 1. The van der Waals surface area contributed by atoms with Gasteiger partial charge in [0.25, 0.3) is 11.8 Å². The van der Waals surface area contributed by atoms with Crippen molar-refractivity contribution >= 4 is 23.2 Å². The summed E-state index contributed by atoms with van der Waals surface area (Å²) in [6, 6.07) is 14.5. The normalized spacial score (nSPS) is 10.4. The first kappa shape index (κ1) is 18.6. The van der Waals surface area contributed by atoms with Crippen molar-refractivity contribution in [3.05, 3.63) is 75.7 Å². The predicted octanol–water partition coefficient (Wildman–Crippen LogP) is 3.32.